The SMILES string of the molecule is C=CCCC(=O)N[C@H](C)[C@@H](OC(=O)[C@H]1[C@@H]2O[C@@]3(CC2Br)[C@@H]1C(=O)N(CCCCCCO)[C@@H]3C(=O)N(CC=C)c1cc(C)ccc1C)c1ccccc1. The molecule has 0 saturated carbocycles. The van der Waals surface area contributed by atoms with Gasteiger partial charge in [0.25, 0.3) is 5.91 Å². The van der Waals surface area contributed by atoms with E-state index in [0.29, 0.717) is 37.8 Å². The Balaban J connectivity index is 1.51. The van der Waals surface area contributed by atoms with Gasteiger partial charge in [-0.1, -0.05) is 83.4 Å². The number of amides is 3. The second kappa shape index (κ2) is 17.4. The molecule has 8 atom stereocenters. The number of aryl methyl sites for hydroxylation is 2. The van der Waals surface area contributed by atoms with Gasteiger partial charge in [0.2, 0.25) is 11.8 Å². The summed E-state index contributed by atoms with van der Waals surface area (Å²) in [5, 5.41) is 12.3. The molecule has 10 nitrogen and oxygen atoms in total. The summed E-state index contributed by atoms with van der Waals surface area (Å²) in [6.07, 6.45) is 5.77. The zero-order valence-corrected chi connectivity index (χ0v) is 32.1. The molecule has 0 aromatic heterocycles. The number of ether oxygens (including phenoxy) is 2. The molecule has 2 aromatic rings. The summed E-state index contributed by atoms with van der Waals surface area (Å²) in [4.78, 5) is 60.0. The number of fused-ring (bicyclic) bond motifs is 1. The van der Waals surface area contributed by atoms with Crippen LogP contribution in [0.5, 0.6) is 0 Å². The largest absolute Gasteiger partial charge is 0.455 e. The number of esters is 1. The monoisotopic (exact) mass is 777 g/mol. The standard InChI is InChI=1S/C41H52BrN3O7/c1-6-8-18-32(47)43-28(5)35(29-16-12-11-13-17-29)51-40(50)33-34-38(48)45(22-14-9-10-15-23-46)37(41(34)25-30(42)36(33)52-41)39(49)44(21-7-2)31-24-26(3)19-20-27(31)4/h6-7,11-13,16-17,19-20,24,28,30,33-37,46H,1-2,8-10,14-15,18,21-23,25H2,3-5H3,(H,43,47)/t28-,30?,33-,34+,35-,36-,37-,41+/m1/s1. The van der Waals surface area contributed by atoms with Crippen molar-refractivity contribution in [2.75, 3.05) is 24.6 Å². The van der Waals surface area contributed by atoms with Crippen molar-refractivity contribution in [2.24, 2.45) is 11.8 Å². The fourth-order valence-electron chi connectivity index (χ4n) is 8.20. The molecular formula is C41H52BrN3O7. The highest BCUT2D eigenvalue weighted by molar-refractivity contribution is 9.09. The maximum Gasteiger partial charge on any atom is 0.313 e. The van der Waals surface area contributed by atoms with Gasteiger partial charge >= 0.3 is 5.97 Å². The molecule has 3 amide bonds. The van der Waals surface area contributed by atoms with Crippen LogP contribution >= 0.6 is 15.9 Å². The molecule has 3 saturated heterocycles. The van der Waals surface area contributed by atoms with Crippen LogP contribution in [0.25, 0.3) is 0 Å². The molecule has 0 radical (unpaired) electrons. The van der Waals surface area contributed by atoms with Gasteiger partial charge in [-0.3, -0.25) is 19.2 Å². The van der Waals surface area contributed by atoms with Crippen LogP contribution in [0.3, 0.4) is 0 Å². The molecular weight excluding hydrogens is 726 g/mol. The minimum Gasteiger partial charge on any atom is -0.455 e. The van der Waals surface area contributed by atoms with Crippen molar-refractivity contribution >= 4 is 45.3 Å². The van der Waals surface area contributed by atoms with Crippen LogP contribution in [-0.2, 0) is 28.7 Å². The number of hydrogen-bond acceptors (Lipinski definition) is 7. The molecule has 3 aliphatic rings. The van der Waals surface area contributed by atoms with E-state index in [9.17, 15) is 19.5 Å². The lowest BCUT2D eigenvalue weighted by molar-refractivity contribution is -0.162. The van der Waals surface area contributed by atoms with Crippen LogP contribution in [0.15, 0.2) is 73.8 Å². The quantitative estimate of drug-likeness (QED) is 0.0839. The molecule has 3 heterocycles. The fourth-order valence-corrected chi connectivity index (χ4v) is 9.14. The molecule has 2 aromatic carbocycles. The summed E-state index contributed by atoms with van der Waals surface area (Å²) >= 11 is 3.77. The number of hydrogen-bond donors (Lipinski definition) is 2. The second-order valence-corrected chi connectivity index (χ2v) is 15.5. The number of benzene rings is 2. The maximum absolute atomic E-state index is 15.0. The Kier molecular flexibility index (Phi) is 13.1. The van der Waals surface area contributed by atoms with E-state index in [-0.39, 0.29) is 42.1 Å². The Labute approximate surface area is 315 Å². The first-order valence-electron chi connectivity index (χ1n) is 18.4. The lowest BCUT2D eigenvalue weighted by Gasteiger charge is -2.37. The van der Waals surface area contributed by atoms with E-state index in [1.807, 2.05) is 62.4 Å². The lowest BCUT2D eigenvalue weighted by atomic mass is 9.70. The van der Waals surface area contributed by atoms with Crippen molar-refractivity contribution in [3.05, 3.63) is 90.5 Å². The number of aliphatic hydroxyl groups excluding tert-OH is 1. The van der Waals surface area contributed by atoms with Gasteiger partial charge in [0.15, 0.2) is 0 Å². The minimum absolute atomic E-state index is 0.0913. The van der Waals surface area contributed by atoms with Crippen LogP contribution < -0.4 is 10.2 Å². The Morgan fingerprint density at radius 3 is 2.54 bits per heavy atom. The van der Waals surface area contributed by atoms with E-state index in [1.54, 1.807) is 28.9 Å². The number of nitrogens with one attached hydrogen (secondary N) is 1. The van der Waals surface area contributed by atoms with Crippen molar-refractivity contribution in [3.8, 4) is 0 Å². The van der Waals surface area contributed by atoms with Gasteiger partial charge in [0.1, 0.15) is 17.7 Å². The average Bonchev–Trinajstić information content (AvgIpc) is 3.72. The van der Waals surface area contributed by atoms with Crippen molar-refractivity contribution in [1.82, 2.24) is 10.2 Å². The molecule has 0 aliphatic carbocycles. The summed E-state index contributed by atoms with van der Waals surface area (Å²) in [5.74, 6) is -3.31. The highest BCUT2D eigenvalue weighted by Gasteiger charge is 2.77. The number of halogens is 1. The van der Waals surface area contributed by atoms with E-state index in [1.165, 1.54) is 0 Å². The van der Waals surface area contributed by atoms with Crippen molar-refractivity contribution in [1.29, 1.82) is 0 Å². The molecule has 52 heavy (non-hydrogen) atoms. The molecule has 2 bridgehead atoms. The lowest BCUT2D eigenvalue weighted by Crippen LogP contribution is -2.57. The number of carbonyl (C=O) groups excluding carboxylic acids is 4. The summed E-state index contributed by atoms with van der Waals surface area (Å²) in [5.41, 5.74) is 2.05. The molecule has 11 heteroatoms. The number of allylic oxidation sites excluding steroid dienone is 1. The molecule has 280 valence electrons. The Bertz CT molecular complexity index is 1640. The minimum atomic E-state index is -1.27. The second-order valence-electron chi connectivity index (χ2n) is 14.3. The third-order valence-corrected chi connectivity index (χ3v) is 11.5. The fraction of sp³-hybridized carbons (Fsp3) is 0.512. The normalized spacial score (nSPS) is 25.7. The summed E-state index contributed by atoms with van der Waals surface area (Å²) in [6.45, 7) is 13.9. The molecule has 1 spiro atoms. The average molecular weight is 779 g/mol. The first-order valence-corrected chi connectivity index (χ1v) is 19.3. The van der Waals surface area contributed by atoms with E-state index in [2.05, 4.69) is 34.4 Å². The molecule has 2 N–H and O–H groups in total. The summed E-state index contributed by atoms with van der Waals surface area (Å²) in [6, 6.07) is 13.6. The molecule has 5 rings (SSSR count). The number of nitrogens with zero attached hydrogens (tertiary/aromatic N) is 2. The summed E-state index contributed by atoms with van der Waals surface area (Å²) < 4.78 is 13.1. The smallest absolute Gasteiger partial charge is 0.313 e. The molecule has 3 fully saturated rings. The highest BCUT2D eigenvalue weighted by atomic mass is 79.9. The van der Waals surface area contributed by atoms with Gasteiger partial charge < -0.3 is 29.7 Å². The number of unbranched alkanes of at least 4 members (excludes halogenated alkanes) is 3. The van der Waals surface area contributed by atoms with E-state index in [0.717, 1.165) is 29.7 Å². The van der Waals surface area contributed by atoms with Crippen molar-refractivity contribution in [2.45, 2.75) is 100 Å². The maximum atomic E-state index is 15.0. The zero-order chi connectivity index (χ0) is 37.6. The number of alkyl halides is 1. The Hall–Kier alpha value is -3.80. The van der Waals surface area contributed by atoms with Crippen molar-refractivity contribution < 1.29 is 33.8 Å². The topological polar surface area (TPSA) is 125 Å². The number of rotatable bonds is 18. The Morgan fingerprint density at radius 2 is 1.85 bits per heavy atom. The van der Waals surface area contributed by atoms with E-state index in [4.69, 9.17) is 9.47 Å². The van der Waals surface area contributed by atoms with Crippen LogP contribution in [0, 0.1) is 25.7 Å². The van der Waals surface area contributed by atoms with Crippen LogP contribution in [0.4, 0.5) is 5.69 Å². The number of carbonyl (C=O) groups is 4. The highest BCUT2D eigenvalue weighted by Crippen LogP contribution is 2.60. The number of anilines is 1. The summed E-state index contributed by atoms with van der Waals surface area (Å²) in [7, 11) is 0. The first kappa shape index (κ1) is 39.4. The van der Waals surface area contributed by atoms with E-state index >= 15 is 4.79 Å². The molecule has 1 unspecified atom stereocenters. The number of likely N-dealkylation sites (tertiary alicyclic amines) is 1. The first-order chi connectivity index (χ1) is 25.0. The Morgan fingerprint density at radius 1 is 1.12 bits per heavy atom. The van der Waals surface area contributed by atoms with Gasteiger partial charge in [0, 0.05) is 36.6 Å². The third kappa shape index (κ3) is 7.92. The van der Waals surface area contributed by atoms with Gasteiger partial charge in [-0.2, -0.15) is 0 Å². The third-order valence-electron chi connectivity index (χ3n) is 10.6. The number of aliphatic hydroxyl groups is 1. The van der Waals surface area contributed by atoms with Crippen LogP contribution in [-0.4, -0.2) is 82.0 Å². The van der Waals surface area contributed by atoms with Gasteiger partial charge in [0.05, 0.1) is 24.0 Å². The van der Waals surface area contributed by atoms with Crippen LogP contribution in [0.2, 0.25) is 0 Å². The predicted octanol–water partition coefficient (Wildman–Crippen LogP) is 5.88. The predicted molar refractivity (Wildman–Crippen MR) is 204 cm³/mol. The van der Waals surface area contributed by atoms with Gasteiger partial charge in [-0.05, 0) is 69.2 Å². The van der Waals surface area contributed by atoms with Gasteiger partial charge in [-0.15, -0.1) is 13.2 Å². The van der Waals surface area contributed by atoms with E-state index < -0.39 is 47.7 Å². The zero-order valence-electron chi connectivity index (χ0n) is 30.5. The van der Waals surface area contributed by atoms with Crippen LogP contribution in [0.1, 0.15) is 74.7 Å². The van der Waals surface area contributed by atoms with Crippen molar-refractivity contribution in [3.63, 3.8) is 0 Å². The molecule has 3 aliphatic heterocycles. The van der Waals surface area contributed by atoms with Gasteiger partial charge in [-0.25, -0.2) is 0 Å².